The molecular weight excluding hydrogens is 581 g/mol. The Balaban J connectivity index is 1.46. The van der Waals surface area contributed by atoms with Gasteiger partial charge < -0.3 is 19.7 Å². The third-order valence-corrected chi connectivity index (χ3v) is 11.5. The normalized spacial score (nSPS) is 37.8. The highest BCUT2D eigenvalue weighted by atomic mass is 19.4. The molecule has 240 valence electrons. The topological polar surface area (TPSA) is 82.8 Å². The van der Waals surface area contributed by atoms with E-state index in [1.807, 2.05) is 13.8 Å². The van der Waals surface area contributed by atoms with Gasteiger partial charge in [-0.25, -0.2) is 0 Å². The number of nitrogens with one attached hydrogen (secondary N) is 1. The zero-order valence-electron chi connectivity index (χ0n) is 25.3. The Morgan fingerprint density at radius 3 is 2.23 bits per heavy atom. The molecule has 5 aliphatic rings. The van der Waals surface area contributed by atoms with Gasteiger partial charge in [0.1, 0.15) is 5.60 Å². The van der Waals surface area contributed by atoms with Crippen molar-refractivity contribution in [3.05, 3.63) is 46.5 Å². The minimum absolute atomic E-state index is 0.0364. The summed E-state index contributed by atoms with van der Waals surface area (Å²) in [5.41, 5.74) is -3.38. The van der Waals surface area contributed by atoms with Crippen molar-refractivity contribution in [3.63, 3.8) is 0 Å². The molecule has 10 heteroatoms. The zero-order valence-corrected chi connectivity index (χ0v) is 25.3. The van der Waals surface area contributed by atoms with Gasteiger partial charge in [-0.15, -0.1) is 0 Å². The van der Waals surface area contributed by atoms with Crippen LogP contribution in [-0.4, -0.2) is 58.7 Å². The van der Waals surface area contributed by atoms with Crippen LogP contribution in [0.1, 0.15) is 89.2 Å². The molecule has 1 aromatic carbocycles. The molecule has 44 heavy (non-hydrogen) atoms. The van der Waals surface area contributed by atoms with Crippen molar-refractivity contribution in [1.82, 2.24) is 0 Å². The van der Waals surface area contributed by atoms with E-state index in [9.17, 15) is 23.4 Å². The molecule has 1 spiro atoms. The van der Waals surface area contributed by atoms with E-state index in [0.29, 0.717) is 50.0 Å². The summed E-state index contributed by atoms with van der Waals surface area (Å²) in [4.78, 5) is 0. The fourth-order valence-electron chi connectivity index (χ4n) is 9.23. The molecule has 0 aromatic heterocycles. The molecule has 0 bridgehead atoms. The van der Waals surface area contributed by atoms with Crippen LogP contribution in [0.3, 0.4) is 0 Å². The second-order valence-electron chi connectivity index (χ2n) is 14.7. The first-order valence-electron chi connectivity index (χ1n) is 15.4. The summed E-state index contributed by atoms with van der Waals surface area (Å²) >= 11 is 0. The van der Waals surface area contributed by atoms with Gasteiger partial charge in [0, 0.05) is 35.2 Å². The standard InChI is InChI=1S/C34H40F5NO4/c1-28(2)19-43-31(44-20-28)14-11-26-27-23(10-13-30(26,41)18-31)25-12-15-32(42,33(35,36)34(37,38)39)29(25,3)17-24(27)22-8-6-21(7-9-22)5-4-16-40/h6-9,16,23-25,40-42H,10-15,17-20H2,1-3H3/t23?,24-,25?,29+,30?,32?/m1/s1. The van der Waals surface area contributed by atoms with Gasteiger partial charge in [-0.1, -0.05) is 50.3 Å². The smallest absolute Gasteiger partial charge is 0.385 e. The van der Waals surface area contributed by atoms with E-state index < -0.39 is 52.8 Å². The van der Waals surface area contributed by atoms with E-state index in [1.54, 1.807) is 24.3 Å². The Kier molecular flexibility index (Phi) is 7.26. The second-order valence-corrected chi connectivity index (χ2v) is 14.7. The minimum Gasteiger partial charge on any atom is -0.385 e. The van der Waals surface area contributed by atoms with Crippen molar-refractivity contribution in [2.24, 2.45) is 22.7 Å². The molecule has 0 amide bonds. The zero-order chi connectivity index (χ0) is 32.0. The molecule has 3 saturated carbocycles. The Morgan fingerprint density at radius 1 is 0.955 bits per heavy atom. The molecule has 4 unspecified atom stereocenters. The first-order chi connectivity index (χ1) is 20.4. The van der Waals surface area contributed by atoms with E-state index in [4.69, 9.17) is 14.9 Å². The fourth-order valence-corrected chi connectivity index (χ4v) is 9.23. The average Bonchev–Trinajstić information content (AvgIpc) is 3.24. The quantitative estimate of drug-likeness (QED) is 0.145. The molecule has 4 aliphatic carbocycles. The van der Waals surface area contributed by atoms with Crippen molar-refractivity contribution in [3.8, 4) is 11.8 Å². The molecular formula is C34H40F5NO4. The van der Waals surface area contributed by atoms with E-state index in [1.165, 1.54) is 6.92 Å². The monoisotopic (exact) mass is 621 g/mol. The lowest BCUT2D eigenvalue weighted by atomic mass is 9.49. The third kappa shape index (κ3) is 4.59. The SMILES string of the molecule is CC1(C)COC2(CCC3=C4C(CCC3(O)C2)C2CCC(O)(C(F)(F)C(F)(F)F)[C@@]2(C)C[C@@H]4c2ccc(C#CC=N)cc2)OC1. The molecule has 1 aromatic rings. The molecule has 0 radical (unpaired) electrons. The van der Waals surface area contributed by atoms with Crippen molar-refractivity contribution in [1.29, 1.82) is 5.41 Å². The maximum Gasteiger partial charge on any atom is 0.456 e. The highest BCUT2D eigenvalue weighted by Crippen LogP contribution is 2.71. The van der Waals surface area contributed by atoms with Crippen LogP contribution in [0, 0.1) is 39.9 Å². The number of aliphatic hydroxyl groups is 2. The summed E-state index contributed by atoms with van der Waals surface area (Å²) in [6.07, 6.45) is -3.80. The van der Waals surface area contributed by atoms with Crippen LogP contribution in [0.15, 0.2) is 35.4 Å². The van der Waals surface area contributed by atoms with Crippen molar-refractivity contribution in [2.75, 3.05) is 13.2 Å². The summed E-state index contributed by atoms with van der Waals surface area (Å²) in [6.45, 7) is 6.48. The summed E-state index contributed by atoms with van der Waals surface area (Å²) in [5.74, 6) is -2.41. The van der Waals surface area contributed by atoms with Crippen molar-refractivity contribution in [2.45, 2.75) is 107 Å². The summed E-state index contributed by atoms with van der Waals surface area (Å²) < 4.78 is 84.6. The van der Waals surface area contributed by atoms with Crippen LogP contribution >= 0.6 is 0 Å². The highest BCUT2D eigenvalue weighted by Gasteiger charge is 2.79. The summed E-state index contributed by atoms with van der Waals surface area (Å²) in [7, 11) is 0. The number of rotatable bonds is 2. The maximum atomic E-state index is 15.3. The number of hydrogen-bond donors (Lipinski definition) is 3. The first kappa shape index (κ1) is 31.7. The van der Waals surface area contributed by atoms with Gasteiger partial charge in [0.05, 0.1) is 25.0 Å². The van der Waals surface area contributed by atoms with E-state index in [-0.39, 0.29) is 30.6 Å². The Bertz CT molecular complexity index is 1420. The molecule has 3 N–H and O–H groups in total. The van der Waals surface area contributed by atoms with Gasteiger partial charge in [0.25, 0.3) is 0 Å². The molecule has 1 heterocycles. The molecule has 4 fully saturated rings. The van der Waals surface area contributed by atoms with Gasteiger partial charge in [-0.3, -0.25) is 5.41 Å². The number of benzene rings is 1. The summed E-state index contributed by atoms with van der Waals surface area (Å²) in [5, 5.41) is 30.9. The van der Waals surface area contributed by atoms with Crippen LogP contribution in [0.25, 0.3) is 0 Å². The fraction of sp³-hybridized carbons (Fsp3) is 0.676. The summed E-state index contributed by atoms with van der Waals surface area (Å²) in [6, 6.07) is 7.05. The largest absolute Gasteiger partial charge is 0.456 e. The lowest BCUT2D eigenvalue weighted by molar-refractivity contribution is -0.362. The number of hydrogen-bond acceptors (Lipinski definition) is 5. The minimum atomic E-state index is -5.90. The molecule has 6 rings (SSSR count). The van der Waals surface area contributed by atoms with Crippen LogP contribution in [0.5, 0.6) is 0 Å². The third-order valence-electron chi connectivity index (χ3n) is 11.5. The molecule has 5 nitrogen and oxygen atoms in total. The van der Waals surface area contributed by atoms with Crippen LogP contribution < -0.4 is 0 Å². The molecule has 1 aliphatic heterocycles. The van der Waals surface area contributed by atoms with Gasteiger partial charge >= 0.3 is 12.1 Å². The van der Waals surface area contributed by atoms with Gasteiger partial charge in [0.2, 0.25) is 0 Å². The number of alkyl halides is 5. The van der Waals surface area contributed by atoms with Gasteiger partial charge in [0.15, 0.2) is 5.79 Å². The molecule has 1 saturated heterocycles. The molecule has 6 atom stereocenters. The average molecular weight is 622 g/mol. The Hall–Kier alpha value is -2.32. The van der Waals surface area contributed by atoms with Crippen molar-refractivity contribution >= 4 is 6.21 Å². The highest BCUT2D eigenvalue weighted by molar-refractivity contribution is 5.76. The number of fused-ring (bicyclic) bond motifs is 4. The number of halogens is 5. The predicted molar refractivity (Wildman–Crippen MR) is 153 cm³/mol. The number of allylic oxidation sites excluding steroid dienone is 1. The lowest BCUT2D eigenvalue weighted by Gasteiger charge is -2.59. The van der Waals surface area contributed by atoms with E-state index in [2.05, 4.69) is 11.8 Å². The van der Waals surface area contributed by atoms with Crippen LogP contribution in [0.4, 0.5) is 22.0 Å². The Labute approximate surface area is 254 Å². The second kappa shape index (κ2) is 10.1. The van der Waals surface area contributed by atoms with E-state index in [0.717, 1.165) is 17.4 Å². The van der Waals surface area contributed by atoms with Crippen molar-refractivity contribution < 1.29 is 41.6 Å². The Morgan fingerprint density at radius 2 is 1.61 bits per heavy atom. The lowest BCUT2D eigenvalue weighted by Crippen LogP contribution is -2.65. The van der Waals surface area contributed by atoms with Crippen LogP contribution in [0.2, 0.25) is 0 Å². The van der Waals surface area contributed by atoms with Gasteiger partial charge in [-0.05, 0) is 73.6 Å². The van der Waals surface area contributed by atoms with Gasteiger partial charge in [-0.2, -0.15) is 22.0 Å². The maximum absolute atomic E-state index is 15.3. The first-order valence-corrected chi connectivity index (χ1v) is 15.4. The predicted octanol–water partition coefficient (Wildman–Crippen LogP) is 6.91. The van der Waals surface area contributed by atoms with E-state index >= 15 is 8.78 Å². The van der Waals surface area contributed by atoms with Crippen LogP contribution in [-0.2, 0) is 9.47 Å². The number of ether oxygens (including phenoxy) is 2.